The number of hydrogen-bond donors (Lipinski definition) is 1. The monoisotopic (exact) mass is 222 g/mol. The van der Waals surface area contributed by atoms with Crippen LogP contribution in [0.5, 0.6) is 0 Å². The number of nitrogens with two attached hydrogens (primary N) is 1. The third-order valence-electron chi connectivity index (χ3n) is 2.02. The second-order valence-corrected chi connectivity index (χ2v) is 4.77. The van der Waals surface area contributed by atoms with Crippen molar-refractivity contribution in [2.24, 2.45) is 10.7 Å². The van der Waals surface area contributed by atoms with E-state index in [0.29, 0.717) is 5.17 Å². The predicted octanol–water partition coefficient (Wildman–Crippen LogP) is 2.95. The normalized spacial score (nSPS) is 12.1. The first-order chi connectivity index (χ1) is 7.09. The summed E-state index contributed by atoms with van der Waals surface area (Å²) in [6.45, 7) is 6.17. The Labute approximate surface area is 96.0 Å². The average Bonchev–Trinajstić information content (AvgIpc) is 2.15. The molecule has 0 saturated heterocycles. The molecule has 3 heteroatoms. The van der Waals surface area contributed by atoms with Gasteiger partial charge < -0.3 is 5.73 Å². The van der Waals surface area contributed by atoms with Crippen molar-refractivity contribution in [3.05, 3.63) is 35.4 Å². The molecule has 0 bridgehead atoms. The molecule has 2 nitrogen and oxygen atoms in total. The maximum Gasteiger partial charge on any atom is 0.154 e. The zero-order chi connectivity index (χ0) is 11.3. The number of hydrogen-bond acceptors (Lipinski definition) is 2. The summed E-state index contributed by atoms with van der Waals surface area (Å²) < 4.78 is 0. The molecule has 0 heterocycles. The van der Waals surface area contributed by atoms with Gasteiger partial charge in [-0.1, -0.05) is 36.0 Å². The Hall–Kier alpha value is -0.960. The van der Waals surface area contributed by atoms with Crippen LogP contribution in [-0.2, 0) is 5.75 Å². The van der Waals surface area contributed by atoms with Crippen molar-refractivity contribution in [1.82, 2.24) is 0 Å². The minimum absolute atomic E-state index is 0.273. The summed E-state index contributed by atoms with van der Waals surface area (Å²) in [5.41, 5.74) is 8.42. The summed E-state index contributed by atoms with van der Waals surface area (Å²) in [5.74, 6) is 0.898. The minimum atomic E-state index is 0.273. The molecule has 0 aliphatic heterocycles. The van der Waals surface area contributed by atoms with E-state index >= 15 is 0 Å². The zero-order valence-electron chi connectivity index (χ0n) is 9.53. The van der Waals surface area contributed by atoms with Gasteiger partial charge in [0.25, 0.3) is 0 Å². The number of nitrogens with zero attached hydrogens (tertiary/aromatic N) is 1. The molecule has 2 N–H and O–H groups in total. The molecule has 0 atom stereocenters. The molecular formula is C12H18N2S. The van der Waals surface area contributed by atoms with Crippen LogP contribution in [0.3, 0.4) is 0 Å². The van der Waals surface area contributed by atoms with Crippen molar-refractivity contribution in [1.29, 1.82) is 0 Å². The third kappa shape index (κ3) is 4.38. The van der Waals surface area contributed by atoms with Gasteiger partial charge in [0, 0.05) is 11.8 Å². The highest BCUT2D eigenvalue weighted by Crippen LogP contribution is 2.15. The van der Waals surface area contributed by atoms with Gasteiger partial charge in [0.1, 0.15) is 0 Å². The van der Waals surface area contributed by atoms with Crippen molar-refractivity contribution in [2.45, 2.75) is 32.6 Å². The lowest BCUT2D eigenvalue weighted by molar-refractivity contribution is 0.838. The lowest BCUT2D eigenvalue weighted by Crippen LogP contribution is -2.10. The summed E-state index contributed by atoms with van der Waals surface area (Å²) in [5, 5.41) is 0.674. The van der Waals surface area contributed by atoms with Crippen LogP contribution < -0.4 is 5.73 Å². The number of aryl methyl sites for hydroxylation is 1. The van der Waals surface area contributed by atoms with Crippen molar-refractivity contribution >= 4 is 16.9 Å². The van der Waals surface area contributed by atoms with Crippen LogP contribution in [-0.4, -0.2) is 11.2 Å². The Morgan fingerprint density at radius 3 is 2.67 bits per heavy atom. The van der Waals surface area contributed by atoms with Gasteiger partial charge in [-0.2, -0.15) is 0 Å². The van der Waals surface area contributed by atoms with Crippen LogP contribution in [0.25, 0.3) is 0 Å². The fourth-order valence-electron chi connectivity index (χ4n) is 1.22. The van der Waals surface area contributed by atoms with Gasteiger partial charge in [0.15, 0.2) is 5.17 Å². The minimum Gasteiger partial charge on any atom is -0.379 e. The van der Waals surface area contributed by atoms with Crippen molar-refractivity contribution in [2.75, 3.05) is 0 Å². The maximum absolute atomic E-state index is 5.79. The second kappa shape index (κ2) is 5.81. The molecule has 1 aromatic rings. The van der Waals surface area contributed by atoms with E-state index in [1.807, 2.05) is 13.8 Å². The molecule has 0 fully saturated rings. The first kappa shape index (κ1) is 12.1. The van der Waals surface area contributed by atoms with E-state index in [-0.39, 0.29) is 6.04 Å². The number of aliphatic imine (C=N–C) groups is 1. The summed E-state index contributed by atoms with van der Waals surface area (Å²) in [6.07, 6.45) is 0. The van der Waals surface area contributed by atoms with E-state index in [1.54, 1.807) is 11.8 Å². The molecule has 0 radical (unpaired) electrons. The Morgan fingerprint density at radius 1 is 1.40 bits per heavy atom. The van der Waals surface area contributed by atoms with Crippen LogP contribution in [0.15, 0.2) is 29.3 Å². The van der Waals surface area contributed by atoms with Gasteiger partial charge in [-0.15, -0.1) is 0 Å². The van der Waals surface area contributed by atoms with Gasteiger partial charge in [-0.3, -0.25) is 4.99 Å². The summed E-state index contributed by atoms with van der Waals surface area (Å²) in [7, 11) is 0. The van der Waals surface area contributed by atoms with Crippen LogP contribution in [0, 0.1) is 6.92 Å². The smallest absolute Gasteiger partial charge is 0.154 e. The molecule has 0 aliphatic carbocycles. The fraction of sp³-hybridized carbons (Fsp3) is 0.417. The predicted molar refractivity (Wildman–Crippen MR) is 69.2 cm³/mol. The van der Waals surface area contributed by atoms with Gasteiger partial charge in [-0.05, 0) is 31.9 Å². The summed E-state index contributed by atoms with van der Waals surface area (Å²) in [6, 6.07) is 8.62. The Balaban J connectivity index is 2.54. The molecular weight excluding hydrogens is 204 g/mol. The van der Waals surface area contributed by atoms with Gasteiger partial charge >= 0.3 is 0 Å². The Bertz CT molecular complexity index is 345. The van der Waals surface area contributed by atoms with Crippen molar-refractivity contribution < 1.29 is 0 Å². The highest BCUT2D eigenvalue weighted by atomic mass is 32.2. The standard InChI is InChI=1S/C12H18N2S/c1-9(2)14-12(13)15-8-11-7-5-4-6-10(11)3/h4-7,9H,8H2,1-3H3,(H2,13,14). The molecule has 0 saturated carbocycles. The molecule has 0 amide bonds. The highest BCUT2D eigenvalue weighted by molar-refractivity contribution is 8.13. The van der Waals surface area contributed by atoms with Crippen LogP contribution in [0.2, 0.25) is 0 Å². The highest BCUT2D eigenvalue weighted by Gasteiger charge is 2.00. The molecule has 1 rings (SSSR count). The quantitative estimate of drug-likeness (QED) is 0.631. The molecule has 0 spiro atoms. The second-order valence-electron chi connectivity index (χ2n) is 3.78. The van der Waals surface area contributed by atoms with E-state index in [4.69, 9.17) is 5.73 Å². The number of rotatable bonds is 3. The lowest BCUT2D eigenvalue weighted by atomic mass is 10.1. The van der Waals surface area contributed by atoms with Gasteiger partial charge in [-0.25, -0.2) is 0 Å². The molecule has 82 valence electrons. The van der Waals surface area contributed by atoms with Gasteiger partial charge in [0.2, 0.25) is 0 Å². The fourth-order valence-corrected chi connectivity index (χ4v) is 2.13. The topological polar surface area (TPSA) is 38.4 Å². The van der Waals surface area contributed by atoms with Crippen molar-refractivity contribution in [3.8, 4) is 0 Å². The number of amidine groups is 1. The Morgan fingerprint density at radius 2 is 2.07 bits per heavy atom. The number of benzene rings is 1. The third-order valence-corrected chi connectivity index (χ3v) is 2.88. The molecule has 15 heavy (non-hydrogen) atoms. The molecule has 0 unspecified atom stereocenters. The average molecular weight is 222 g/mol. The van der Waals surface area contributed by atoms with Crippen LogP contribution >= 0.6 is 11.8 Å². The molecule has 0 aromatic heterocycles. The largest absolute Gasteiger partial charge is 0.379 e. The molecule has 0 aliphatic rings. The van der Waals surface area contributed by atoms with Crippen LogP contribution in [0.4, 0.5) is 0 Å². The SMILES string of the molecule is Cc1ccccc1CSC(N)=NC(C)C. The van der Waals surface area contributed by atoms with E-state index in [1.165, 1.54) is 11.1 Å². The van der Waals surface area contributed by atoms with Gasteiger partial charge in [0.05, 0.1) is 0 Å². The first-order valence-electron chi connectivity index (χ1n) is 5.10. The van der Waals surface area contributed by atoms with E-state index in [2.05, 4.69) is 36.2 Å². The Kier molecular flexibility index (Phi) is 4.69. The summed E-state index contributed by atoms with van der Waals surface area (Å²) in [4.78, 5) is 4.28. The van der Waals surface area contributed by atoms with Crippen molar-refractivity contribution in [3.63, 3.8) is 0 Å². The maximum atomic E-state index is 5.79. The molecule has 1 aromatic carbocycles. The zero-order valence-corrected chi connectivity index (χ0v) is 10.3. The summed E-state index contributed by atoms with van der Waals surface area (Å²) >= 11 is 1.60. The van der Waals surface area contributed by atoms with E-state index < -0.39 is 0 Å². The van der Waals surface area contributed by atoms with E-state index in [9.17, 15) is 0 Å². The number of thioether (sulfide) groups is 1. The van der Waals surface area contributed by atoms with E-state index in [0.717, 1.165) is 5.75 Å². The van der Waals surface area contributed by atoms with Crippen LogP contribution in [0.1, 0.15) is 25.0 Å². The lowest BCUT2D eigenvalue weighted by Gasteiger charge is -2.05. The first-order valence-corrected chi connectivity index (χ1v) is 6.08.